The molecule has 0 fully saturated rings. The molecular weight excluding hydrogens is 370 g/mol. The predicted octanol–water partition coefficient (Wildman–Crippen LogP) is 4.80. The summed E-state index contributed by atoms with van der Waals surface area (Å²) in [4.78, 5) is 5.09. The second kappa shape index (κ2) is 8.54. The molecule has 6 heteroatoms. The predicted molar refractivity (Wildman–Crippen MR) is 112 cm³/mol. The number of ether oxygens (including phenoxy) is 1. The molecule has 140 valence electrons. The highest BCUT2D eigenvalue weighted by atomic mass is 32.1. The molecule has 2 heterocycles. The maximum atomic E-state index is 5.90. The van der Waals surface area contributed by atoms with E-state index in [4.69, 9.17) is 9.15 Å². The van der Waals surface area contributed by atoms with Crippen molar-refractivity contribution in [1.82, 2.24) is 4.68 Å². The molecule has 0 radical (unpaired) electrons. The smallest absolute Gasteiger partial charge is 0.206 e. The van der Waals surface area contributed by atoms with Crippen molar-refractivity contribution < 1.29 is 9.15 Å². The molecule has 0 atom stereocenters. The summed E-state index contributed by atoms with van der Waals surface area (Å²) < 4.78 is 13.2. The van der Waals surface area contributed by atoms with Gasteiger partial charge in [0.25, 0.3) is 0 Å². The summed E-state index contributed by atoms with van der Waals surface area (Å²) in [5, 5.41) is 6.60. The van der Waals surface area contributed by atoms with Crippen molar-refractivity contribution in [2.45, 2.75) is 6.61 Å². The van der Waals surface area contributed by atoms with E-state index in [1.807, 2.05) is 72.1 Å². The second-order valence-electron chi connectivity index (χ2n) is 6.01. The Kier molecular flexibility index (Phi) is 5.49. The summed E-state index contributed by atoms with van der Waals surface area (Å²) in [5.74, 6) is 1.55. The molecule has 0 saturated heterocycles. The summed E-state index contributed by atoms with van der Waals surface area (Å²) in [6.07, 6.45) is 3.45. The normalized spacial score (nSPS) is 12.0. The molecule has 0 N–H and O–H groups in total. The van der Waals surface area contributed by atoms with Gasteiger partial charge in [-0.05, 0) is 35.4 Å². The number of nitrogens with zero attached hydrogens (tertiary/aromatic N) is 3. The summed E-state index contributed by atoms with van der Waals surface area (Å²) in [6, 6.07) is 21.7. The van der Waals surface area contributed by atoms with E-state index in [-0.39, 0.29) is 0 Å². The highest BCUT2D eigenvalue weighted by Crippen LogP contribution is 2.20. The summed E-state index contributed by atoms with van der Waals surface area (Å²) in [6.45, 7) is 0.530. The van der Waals surface area contributed by atoms with Crippen molar-refractivity contribution in [2.24, 2.45) is 10.1 Å². The van der Waals surface area contributed by atoms with Crippen LogP contribution in [-0.2, 0) is 6.61 Å². The zero-order chi connectivity index (χ0) is 19.2. The minimum atomic E-state index is 0.530. The van der Waals surface area contributed by atoms with Crippen LogP contribution in [0.25, 0.3) is 11.5 Å². The Labute approximate surface area is 166 Å². The molecular formula is C22H19N3O2S. The lowest BCUT2D eigenvalue weighted by Crippen LogP contribution is -2.11. The third kappa shape index (κ3) is 4.13. The van der Waals surface area contributed by atoms with Gasteiger partial charge in [-0.3, -0.25) is 4.99 Å². The van der Waals surface area contributed by atoms with Crippen LogP contribution in [-0.4, -0.2) is 17.9 Å². The molecule has 2 aromatic carbocycles. The van der Waals surface area contributed by atoms with E-state index >= 15 is 0 Å². The Morgan fingerprint density at radius 1 is 1.07 bits per heavy atom. The van der Waals surface area contributed by atoms with Crippen LogP contribution in [0, 0.1) is 0 Å². The van der Waals surface area contributed by atoms with Gasteiger partial charge in [-0.2, -0.15) is 5.10 Å². The van der Waals surface area contributed by atoms with Gasteiger partial charge in [0.05, 0.1) is 12.5 Å². The van der Waals surface area contributed by atoms with Gasteiger partial charge in [0.2, 0.25) is 4.80 Å². The molecule has 0 bridgehead atoms. The van der Waals surface area contributed by atoms with E-state index in [2.05, 4.69) is 10.1 Å². The number of rotatable bonds is 6. The first-order valence-corrected chi connectivity index (χ1v) is 9.70. The lowest BCUT2D eigenvalue weighted by Gasteiger charge is -2.07. The first kappa shape index (κ1) is 18.0. The molecule has 0 aliphatic carbocycles. The van der Waals surface area contributed by atoms with Crippen LogP contribution in [0.4, 0.5) is 0 Å². The molecule has 0 aliphatic heterocycles. The molecule has 0 aliphatic rings. The van der Waals surface area contributed by atoms with Gasteiger partial charge in [-0.15, -0.1) is 11.3 Å². The van der Waals surface area contributed by atoms with Crippen LogP contribution >= 0.6 is 11.3 Å². The van der Waals surface area contributed by atoms with Crippen LogP contribution in [0.5, 0.6) is 5.75 Å². The Bertz CT molecular complexity index is 1130. The van der Waals surface area contributed by atoms with E-state index in [0.717, 1.165) is 33.1 Å². The van der Waals surface area contributed by atoms with Gasteiger partial charge < -0.3 is 9.15 Å². The van der Waals surface area contributed by atoms with Crippen molar-refractivity contribution in [3.05, 3.63) is 94.3 Å². The quantitative estimate of drug-likeness (QED) is 0.445. The van der Waals surface area contributed by atoms with Crippen molar-refractivity contribution in [3.63, 3.8) is 0 Å². The molecule has 28 heavy (non-hydrogen) atoms. The van der Waals surface area contributed by atoms with Crippen molar-refractivity contribution in [1.29, 1.82) is 0 Å². The Morgan fingerprint density at radius 2 is 1.96 bits per heavy atom. The van der Waals surface area contributed by atoms with Gasteiger partial charge in [0.15, 0.2) is 5.76 Å². The summed E-state index contributed by atoms with van der Waals surface area (Å²) in [7, 11) is 1.75. The minimum absolute atomic E-state index is 0.530. The SMILES string of the molecule is CN=c1scc(-c2ccco2)n1N=Cc1cccc(OCc2ccccc2)c1. The Hall–Kier alpha value is -3.38. The van der Waals surface area contributed by atoms with E-state index in [1.54, 1.807) is 24.2 Å². The molecule has 0 unspecified atom stereocenters. The van der Waals surface area contributed by atoms with Crippen LogP contribution in [0.1, 0.15) is 11.1 Å². The maximum absolute atomic E-state index is 5.90. The lowest BCUT2D eigenvalue weighted by molar-refractivity contribution is 0.306. The maximum Gasteiger partial charge on any atom is 0.206 e. The topological polar surface area (TPSA) is 52.0 Å². The largest absolute Gasteiger partial charge is 0.489 e. The average molecular weight is 389 g/mol. The van der Waals surface area contributed by atoms with Gasteiger partial charge in [0, 0.05) is 12.4 Å². The molecule has 0 spiro atoms. The van der Waals surface area contributed by atoms with Gasteiger partial charge in [0.1, 0.15) is 18.1 Å². The fourth-order valence-electron chi connectivity index (χ4n) is 2.71. The van der Waals surface area contributed by atoms with Crippen LogP contribution in [0.2, 0.25) is 0 Å². The lowest BCUT2D eigenvalue weighted by atomic mass is 10.2. The van der Waals surface area contributed by atoms with E-state index in [9.17, 15) is 0 Å². The zero-order valence-electron chi connectivity index (χ0n) is 15.4. The van der Waals surface area contributed by atoms with Crippen LogP contribution in [0.3, 0.4) is 0 Å². The van der Waals surface area contributed by atoms with E-state index in [0.29, 0.717) is 6.61 Å². The molecule has 2 aromatic heterocycles. The zero-order valence-corrected chi connectivity index (χ0v) is 16.2. The number of furan rings is 1. The number of aromatic nitrogens is 1. The third-order valence-corrected chi connectivity index (χ3v) is 4.99. The number of hydrogen-bond acceptors (Lipinski definition) is 5. The summed E-state index contributed by atoms with van der Waals surface area (Å²) in [5.41, 5.74) is 2.94. The van der Waals surface area contributed by atoms with Crippen LogP contribution in [0.15, 0.2) is 92.9 Å². The van der Waals surface area contributed by atoms with Gasteiger partial charge >= 0.3 is 0 Å². The first-order chi connectivity index (χ1) is 13.8. The average Bonchev–Trinajstić information content (AvgIpc) is 3.41. The highest BCUT2D eigenvalue weighted by molar-refractivity contribution is 7.07. The Balaban J connectivity index is 1.55. The third-order valence-electron chi connectivity index (χ3n) is 4.08. The second-order valence-corrected chi connectivity index (χ2v) is 6.84. The van der Waals surface area contributed by atoms with Crippen LogP contribution < -0.4 is 9.54 Å². The van der Waals surface area contributed by atoms with E-state index < -0.39 is 0 Å². The molecule has 5 nitrogen and oxygen atoms in total. The minimum Gasteiger partial charge on any atom is -0.489 e. The van der Waals surface area contributed by atoms with Crippen molar-refractivity contribution in [2.75, 3.05) is 7.05 Å². The monoisotopic (exact) mass is 389 g/mol. The van der Waals surface area contributed by atoms with Crippen molar-refractivity contribution >= 4 is 17.6 Å². The highest BCUT2D eigenvalue weighted by Gasteiger charge is 2.09. The molecule has 0 saturated carbocycles. The van der Waals surface area contributed by atoms with Crippen molar-refractivity contribution in [3.8, 4) is 17.2 Å². The van der Waals surface area contributed by atoms with Gasteiger partial charge in [-0.1, -0.05) is 42.5 Å². The van der Waals surface area contributed by atoms with E-state index in [1.165, 1.54) is 11.3 Å². The molecule has 4 aromatic rings. The number of hydrogen-bond donors (Lipinski definition) is 0. The number of benzene rings is 2. The molecule has 0 amide bonds. The number of thiazole rings is 1. The fraction of sp³-hybridized carbons (Fsp3) is 0.0909. The fourth-order valence-corrected chi connectivity index (χ4v) is 3.49. The van der Waals surface area contributed by atoms with Gasteiger partial charge in [-0.25, -0.2) is 4.68 Å². The first-order valence-electron chi connectivity index (χ1n) is 8.82. The Morgan fingerprint density at radius 3 is 2.75 bits per heavy atom. The molecule has 4 rings (SSSR count). The standard InChI is InChI=1S/C22H19N3O2S/c1-23-22-25(20(16-28-22)21-11-6-12-26-21)24-14-18-9-5-10-19(13-18)27-15-17-7-3-2-4-8-17/h2-14,16H,15H2,1H3. The summed E-state index contributed by atoms with van der Waals surface area (Å²) >= 11 is 1.52.